The van der Waals surface area contributed by atoms with Gasteiger partial charge < -0.3 is 26.2 Å². The minimum atomic E-state index is -0.222. The summed E-state index contributed by atoms with van der Waals surface area (Å²) in [5, 5.41) is 0. The summed E-state index contributed by atoms with van der Waals surface area (Å²) in [7, 11) is 10.7. The van der Waals surface area contributed by atoms with Crippen LogP contribution in [0.25, 0.3) is 0 Å². The lowest BCUT2D eigenvalue weighted by Crippen LogP contribution is -2.48. The van der Waals surface area contributed by atoms with Crippen molar-refractivity contribution >= 4 is 0 Å². The van der Waals surface area contributed by atoms with Crippen LogP contribution in [-0.2, 0) is 0 Å². The highest BCUT2D eigenvalue weighted by Gasteiger charge is 2.15. The van der Waals surface area contributed by atoms with E-state index in [1.807, 2.05) is 20.8 Å². The molecular formula is C16H41N5. The molecule has 0 radical (unpaired) electrons. The lowest BCUT2D eigenvalue weighted by atomic mass is 9.99. The number of likely N-dealkylation sites (N-methyl/N-ethyl adjacent to an activating group) is 3. The van der Waals surface area contributed by atoms with Gasteiger partial charge >= 0.3 is 0 Å². The normalized spacial score (nSPS) is 16.7. The van der Waals surface area contributed by atoms with Crippen molar-refractivity contribution in [1.29, 1.82) is 0 Å². The van der Waals surface area contributed by atoms with Crippen molar-refractivity contribution in [2.45, 2.75) is 58.3 Å². The number of hydrogen-bond donors (Lipinski definition) is 2. The smallest absolute Gasteiger partial charge is 0.0247 e. The maximum atomic E-state index is 5.55. The molecule has 0 aromatic heterocycles. The fourth-order valence-electron chi connectivity index (χ4n) is 1.43. The minimum Gasteiger partial charge on any atom is -0.326 e. The quantitative estimate of drug-likeness (QED) is 0.731. The molecule has 0 spiro atoms. The average Bonchev–Trinajstić information content (AvgIpc) is 2.26. The molecule has 3 atom stereocenters. The third-order valence-electron chi connectivity index (χ3n) is 3.99. The molecule has 0 bridgehead atoms. The summed E-state index contributed by atoms with van der Waals surface area (Å²) in [5.74, 6) is 0. The van der Waals surface area contributed by atoms with Crippen LogP contribution in [0.3, 0.4) is 0 Å². The van der Waals surface area contributed by atoms with Crippen LogP contribution in [0.5, 0.6) is 0 Å². The monoisotopic (exact) mass is 303 g/mol. The van der Waals surface area contributed by atoms with E-state index in [1.54, 1.807) is 0 Å². The molecule has 0 aliphatic carbocycles. The number of nitrogens with two attached hydrogens (primary N) is 2. The Labute approximate surface area is 133 Å². The van der Waals surface area contributed by atoms with E-state index in [0.29, 0.717) is 12.1 Å². The molecule has 130 valence electrons. The lowest BCUT2D eigenvalue weighted by Gasteiger charge is -2.31. The maximum Gasteiger partial charge on any atom is 0.0247 e. The molecule has 0 heterocycles. The zero-order valence-electron chi connectivity index (χ0n) is 16.1. The predicted molar refractivity (Wildman–Crippen MR) is 95.7 cm³/mol. The predicted octanol–water partition coefficient (Wildman–Crippen LogP) is 0.889. The Kier molecular flexibility index (Phi) is 11.6. The van der Waals surface area contributed by atoms with E-state index >= 15 is 0 Å². The zero-order valence-corrected chi connectivity index (χ0v) is 16.1. The summed E-state index contributed by atoms with van der Waals surface area (Å²) in [6.45, 7) is 12.5. The Morgan fingerprint density at radius 3 is 1.48 bits per heavy atom. The van der Waals surface area contributed by atoms with Gasteiger partial charge in [-0.15, -0.1) is 0 Å². The Morgan fingerprint density at radius 1 is 0.857 bits per heavy atom. The number of hydrogen-bond acceptors (Lipinski definition) is 5. The molecule has 0 aromatic carbocycles. The van der Waals surface area contributed by atoms with Crippen LogP contribution in [-0.4, -0.2) is 86.7 Å². The van der Waals surface area contributed by atoms with Crippen molar-refractivity contribution in [3.63, 3.8) is 0 Å². The summed E-state index contributed by atoms with van der Waals surface area (Å²) < 4.78 is 0. The van der Waals surface area contributed by atoms with E-state index < -0.39 is 0 Å². The van der Waals surface area contributed by atoms with Crippen LogP contribution in [0.15, 0.2) is 0 Å². The molecule has 0 saturated heterocycles. The summed E-state index contributed by atoms with van der Waals surface area (Å²) in [4.78, 5) is 6.92. The first-order valence-corrected chi connectivity index (χ1v) is 7.84. The first-order chi connectivity index (χ1) is 9.28. The van der Waals surface area contributed by atoms with E-state index in [-0.39, 0.29) is 11.6 Å². The van der Waals surface area contributed by atoms with Gasteiger partial charge in [-0.2, -0.15) is 0 Å². The molecule has 21 heavy (non-hydrogen) atoms. The molecular weight excluding hydrogens is 262 g/mol. The van der Waals surface area contributed by atoms with Crippen LogP contribution in [0.2, 0.25) is 0 Å². The topological polar surface area (TPSA) is 61.8 Å². The van der Waals surface area contributed by atoms with E-state index in [9.17, 15) is 0 Å². The lowest BCUT2D eigenvalue weighted by molar-refractivity contribution is 0.162. The highest BCUT2D eigenvalue weighted by atomic mass is 15.2. The fourth-order valence-corrected chi connectivity index (χ4v) is 1.43. The molecule has 0 amide bonds. The highest BCUT2D eigenvalue weighted by Crippen LogP contribution is 2.01. The van der Waals surface area contributed by atoms with Crippen LogP contribution < -0.4 is 11.5 Å². The zero-order chi connectivity index (χ0) is 17.4. The van der Waals surface area contributed by atoms with Crippen LogP contribution in [0, 0.1) is 0 Å². The van der Waals surface area contributed by atoms with Gasteiger partial charge in [0.1, 0.15) is 0 Å². The summed E-state index contributed by atoms with van der Waals surface area (Å²) >= 11 is 0. The van der Waals surface area contributed by atoms with Crippen molar-refractivity contribution in [2.75, 3.05) is 48.3 Å². The van der Waals surface area contributed by atoms with Crippen molar-refractivity contribution in [3.8, 4) is 0 Å². The Hall–Kier alpha value is -0.200. The summed E-state index contributed by atoms with van der Waals surface area (Å²) in [5.41, 5.74) is 10.8. The average molecular weight is 304 g/mol. The molecule has 0 saturated carbocycles. The van der Waals surface area contributed by atoms with Crippen LogP contribution in [0.4, 0.5) is 0 Å². The van der Waals surface area contributed by atoms with Crippen LogP contribution >= 0.6 is 0 Å². The van der Waals surface area contributed by atoms with Gasteiger partial charge in [0.15, 0.2) is 0 Å². The molecule has 0 aliphatic heterocycles. The Morgan fingerprint density at radius 2 is 1.24 bits per heavy atom. The molecule has 0 aliphatic rings. The van der Waals surface area contributed by atoms with Gasteiger partial charge in [0, 0.05) is 36.8 Å². The van der Waals surface area contributed by atoms with Gasteiger partial charge in [0.25, 0.3) is 0 Å². The van der Waals surface area contributed by atoms with Crippen molar-refractivity contribution in [3.05, 3.63) is 0 Å². The highest BCUT2D eigenvalue weighted by molar-refractivity contribution is 4.80. The summed E-state index contributed by atoms with van der Waals surface area (Å²) in [6.07, 6.45) is 0. The molecule has 5 nitrogen and oxygen atoms in total. The molecule has 0 aromatic rings. The van der Waals surface area contributed by atoms with E-state index in [4.69, 9.17) is 11.5 Å². The van der Waals surface area contributed by atoms with Gasteiger partial charge in [-0.3, -0.25) is 0 Å². The molecule has 0 fully saturated rings. The van der Waals surface area contributed by atoms with Crippen molar-refractivity contribution in [2.24, 2.45) is 11.5 Å². The molecule has 4 N–H and O–H groups in total. The SMILES string of the molecule is CC(CN(C)C(C)CN(C)C)N(C)C.CC(N)C(C)(C)N. The number of rotatable bonds is 7. The van der Waals surface area contributed by atoms with Gasteiger partial charge in [0.2, 0.25) is 0 Å². The minimum absolute atomic E-state index is 0.0764. The second-order valence-corrected chi connectivity index (χ2v) is 7.47. The number of nitrogens with zero attached hydrogens (tertiary/aromatic N) is 3. The first-order valence-electron chi connectivity index (χ1n) is 7.84. The largest absolute Gasteiger partial charge is 0.326 e. The third-order valence-corrected chi connectivity index (χ3v) is 3.99. The Bertz CT molecular complexity index is 246. The molecule has 3 unspecified atom stereocenters. The molecule has 5 heteroatoms. The van der Waals surface area contributed by atoms with Crippen molar-refractivity contribution in [1.82, 2.24) is 14.7 Å². The Balaban J connectivity index is 0. The van der Waals surface area contributed by atoms with E-state index in [1.165, 1.54) is 0 Å². The van der Waals surface area contributed by atoms with Gasteiger partial charge in [-0.05, 0) is 69.9 Å². The third kappa shape index (κ3) is 13.2. The fraction of sp³-hybridized carbons (Fsp3) is 1.00. The van der Waals surface area contributed by atoms with Crippen LogP contribution in [0.1, 0.15) is 34.6 Å². The second-order valence-electron chi connectivity index (χ2n) is 7.47. The van der Waals surface area contributed by atoms with E-state index in [2.05, 4.69) is 63.8 Å². The second kappa shape index (κ2) is 10.5. The van der Waals surface area contributed by atoms with Gasteiger partial charge in [-0.1, -0.05) is 0 Å². The molecule has 0 rings (SSSR count). The first kappa shape index (κ1) is 23.1. The maximum absolute atomic E-state index is 5.55. The summed E-state index contributed by atoms with van der Waals surface area (Å²) in [6, 6.07) is 1.31. The van der Waals surface area contributed by atoms with Gasteiger partial charge in [0.05, 0.1) is 0 Å². The van der Waals surface area contributed by atoms with Crippen molar-refractivity contribution < 1.29 is 0 Å². The standard InChI is InChI=1S/C11H27N3.C5H14N2/c1-10(13(5)6)9-14(7)11(2)8-12(3)4;1-4(6)5(2,3)7/h10-11H,8-9H2,1-7H3;4H,6-7H2,1-3H3. The van der Waals surface area contributed by atoms with Gasteiger partial charge in [-0.25, -0.2) is 0 Å². The van der Waals surface area contributed by atoms with E-state index in [0.717, 1.165) is 13.1 Å².